The van der Waals surface area contributed by atoms with Gasteiger partial charge in [-0.25, -0.2) is 14.3 Å². The summed E-state index contributed by atoms with van der Waals surface area (Å²) in [6, 6.07) is 7.41. The number of pyridine rings is 1. The highest BCUT2D eigenvalue weighted by Crippen LogP contribution is 2.41. The molecule has 15 nitrogen and oxygen atoms in total. The molecule has 0 aromatic carbocycles. The highest BCUT2D eigenvalue weighted by Gasteiger charge is 2.43. The summed E-state index contributed by atoms with van der Waals surface area (Å²) in [6.45, 7) is 10.8. The molecule has 4 N–H and O–H groups in total. The highest BCUT2D eigenvalue weighted by atomic mass is 32.1. The van der Waals surface area contributed by atoms with E-state index in [2.05, 4.69) is 42.1 Å². The number of nitriles is 1. The number of fused-ring (bicyclic) bond motifs is 3. The van der Waals surface area contributed by atoms with Crippen LogP contribution in [0.3, 0.4) is 0 Å². The average Bonchev–Trinajstić information content (AvgIpc) is 3.80. The molecule has 0 unspecified atom stereocenters. The Balaban J connectivity index is 1.16. The van der Waals surface area contributed by atoms with Gasteiger partial charge in [0.15, 0.2) is 5.01 Å². The molecule has 52 heavy (non-hydrogen) atoms. The molecule has 3 fully saturated rings. The number of amides is 2. The second-order valence-electron chi connectivity index (χ2n) is 15.3. The average molecular weight is 727 g/mol. The van der Waals surface area contributed by atoms with E-state index in [1.807, 2.05) is 39.0 Å². The number of carbonyl (C=O) groups is 2. The van der Waals surface area contributed by atoms with Crippen molar-refractivity contribution in [3.05, 3.63) is 30.6 Å². The molecule has 16 heteroatoms. The van der Waals surface area contributed by atoms with Gasteiger partial charge in [-0.05, 0) is 83.4 Å². The molecule has 2 bridgehead atoms. The summed E-state index contributed by atoms with van der Waals surface area (Å²) in [4.78, 5) is 37.4. The van der Waals surface area contributed by atoms with Crippen LogP contribution in [0.2, 0.25) is 0 Å². The number of nitrogens with zero attached hydrogens (tertiary/aromatic N) is 9. The van der Waals surface area contributed by atoms with Gasteiger partial charge in [-0.2, -0.15) is 5.26 Å². The lowest BCUT2D eigenvalue weighted by Crippen LogP contribution is -2.58. The smallest absolute Gasteiger partial charge is 0.408 e. The molecule has 5 heterocycles. The summed E-state index contributed by atoms with van der Waals surface area (Å²) < 4.78 is 1.79. The lowest BCUT2D eigenvalue weighted by molar-refractivity contribution is -0.120. The van der Waals surface area contributed by atoms with Crippen LogP contribution in [-0.4, -0.2) is 94.6 Å². The van der Waals surface area contributed by atoms with E-state index >= 15 is 0 Å². The Bertz CT molecular complexity index is 1990. The fourth-order valence-electron chi connectivity index (χ4n) is 8.29. The summed E-state index contributed by atoms with van der Waals surface area (Å²) >= 11 is 1.50. The number of hydrogen-bond donors (Lipinski definition) is 4. The minimum atomic E-state index is -0.931. The normalized spacial score (nSPS) is 23.5. The Morgan fingerprint density at radius 2 is 1.83 bits per heavy atom. The maximum atomic E-state index is 12.4. The van der Waals surface area contributed by atoms with Crippen molar-refractivity contribution in [2.24, 2.45) is 11.8 Å². The third-order valence-electron chi connectivity index (χ3n) is 10.6. The molecule has 2 amide bonds. The van der Waals surface area contributed by atoms with E-state index in [0.29, 0.717) is 34.2 Å². The van der Waals surface area contributed by atoms with Crippen LogP contribution in [0.1, 0.15) is 73.1 Å². The van der Waals surface area contributed by atoms with Crippen LogP contribution < -0.4 is 20.9 Å². The van der Waals surface area contributed by atoms with Crippen molar-refractivity contribution in [1.82, 2.24) is 40.0 Å². The Hall–Kier alpha value is -5.04. The molecule has 2 aliphatic carbocycles. The number of anilines is 3. The third kappa shape index (κ3) is 7.06. The van der Waals surface area contributed by atoms with E-state index in [9.17, 15) is 20.0 Å². The Morgan fingerprint density at radius 3 is 2.52 bits per heavy atom. The van der Waals surface area contributed by atoms with Crippen LogP contribution in [0.15, 0.2) is 30.6 Å². The standard InChI is InChI=1S/C36H46N12O3S/c1-20(15-37)40-27-14-28(38-17-25(27)32-43-44-34(52-32)46-18-22-10-11-23(19-46)31(22)41-21(2)49)30-13-12-24-16-39-33(45-48(24)30)42-26-8-6-7-9-29(26)47(35(50)51)36(3,4)5/h12-14,16-17,20,22-23,26,29,31H,6-11,18-19H2,1-5H3,(H,38,40)(H,41,49)(H,42,45)(H,50,51)/t20-,22-,23+,26-,29+,31-/m1/s1. The third-order valence-corrected chi connectivity index (χ3v) is 11.6. The Morgan fingerprint density at radius 1 is 1.08 bits per heavy atom. The topological polar surface area (TPSA) is 190 Å². The first kappa shape index (κ1) is 35.4. The van der Waals surface area contributed by atoms with Crippen molar-refractivity contribution in [3.63, 3.8) is 0 Å². The Labute approximate surface area is 306 Å². The van der Waals surface area contributed by atoms with Gasteiger partial charge in [0.05, 0.1) is 40.8 Å². The van der Waals surface area contributed by atoms with Crippen LogP contribution in [0.5, 0.6) is 0 Å². The molecule has 0 spiro atoms. The maximum Gasteiger partial charge on any atom is 0.408 e. The predicted molar refractivity (Wildman–Crippen MR) is 199 cm³/mol. The first-order chi connectivity index (χ1) is 24.9. The van der Waals surface area contributed by atoms with Gasteiger partial charge in [0.25, 0.3) is 0 Å². The monoisotopic (exact) mass is 726 g/mol. The van der Waals surface area contributed by atoms with Crippen molar-refractivity contribution in [2.45, 2.75) is 103 Å². The number of nitrogens with one attached hydrogen (secondary N) is 3. The van der Waals surface area contributed by atoms with Gasteiger partial charge in [-0.3, -0.25) is 14.7 Å². The fraction of sp³-hybridized carbons (Fsp3) is 0.556. The van der Waals surface area contributed by atoms with Gasteiger partial charge in [-0.1, -0.05) is 24.2 Å². The zero-order valence-electron chi connectivity index (χ0n) is 30.2. The lowest BCUT2D eigenvalue weighted by atomic mass is 9.87. The summed E-state index contributed by atoms with van der Waals surface area (Å²) in [5, 5.41) is 45.3. The molecule has 2 saturated carbocycles. The van der Waals surface area contributed by atoms with Crippen molar-refractivity contribution < 1.29 is 14.7 Å². The van der Waals surface area contributed by atoms with Gasteiger partial charge in [0.1, 0.15) is 6.04 Å². The van der Waals surface area contributed by atoms with Crippen LogP contribution in [0.4, 0.5) is 21.6 Å². The first-order valence-corrected chi connectivity index (χ1v) is 18.9. The highest BCUT2D eigenvalue weighted by molar-refractivity contribution is 7.18. The maximum absolute atomic E-state index is 12.4. The number of aromatic nitrogens is 6. The van der Waals surface area contributed by atoms with Crippen molar-refractivity contribution in [3.8, 4) is 28.0 Å². The number of carboxylic acid groups (broad SMARTS) is 1. The number of piperidine rings is 1. The second-order valence-corrected chi connectivity index (χ2v) is 16.2. The van der Waals surface area contributed by atoms with Crippen LogP contribution in [0, 0.1) is 23.2 Å². The van der Waals surface area contributed by atoms with Crippen LogP contribution in [0.25, 0.3) is 27.5 Å². The SMILES string of the molecule is CC(=O)N[C@@H]1[C@@H]2CC[C@H]1CN(c1nnc(-c3cnc(-c4ccc5cnc(N[C@@H]6CCCC[C@@H]6N(C(=O)O)C(C)(C)C)nn45)cc3N[C@H](C)C#N)s1)C2. The molecule has 274 valence electrons. The van der Waals surface area contributed by atoms with Crippen LogP contribution in [-0.2, 0) is 4.79 Å². The van der Waals surface area contributed by atoms with E-state index in [0.717, 1.165) is 73.5 Å². The molecular formula is C36H46N12O3S. The Kier molecular flexibility index (Phi) is 9.64. The van der Waals surface area contributed by atoms with E-state index in [4.69, 9.17) is 10.1 Å². The summed E-state index contributed by atoms with van der Waals surface area (Å²) in [5.74, 6) is 1.19. The molecular weight excluding hydrogens is 681 g/mol. The minimum absolute atomic E-state index is 0.0204. The minimum Gasteiger partial charge on any atom is -0.465 e. The van der Waals surface area contributed by atoms with E-state index < -0.39 is 17.7 Å². The molecule has 6 atom stereocenters. The summed E-state index contributed by atoms with van der Waals surface area (Å²) in [5.41, 5.74) is 3.04. The molecule has 7 rings (SSSR count). The van der Waals surface area contributed by atoms with Gasteiger partial charge >= 0.3 is 6.09 Å². The van der Waals surface area contributed by atoms with Gasteiger partial charge in [-0.15, -0.1) is 15.3 Å². The van der Waals surface area contributed by atoms with Crippen molar-refractivity contribution in [1.29, 1.82) is 5.26 Å². The van der Waals surface area contributed by atoms with Gasteiger partial charge in [0.2, 0.25) is 17.0 Å². The molecule has 4 aromatic heterocycles. The van der Waals surface area contributed by atoms with E-state index in [1.165, 1.54) is 11.3 Å². The zero-order valence-corrected chi connectivity index (χ0v) is 31.0. The molecule has 3 aliphatic rings. The fourth-order valence-corrected chi connectivity index (χ4v) is 9.18. The lowest BCUT2D eigenvalue weighted by Gasteiger charge is -2.45. The predicted octanol–water partition coefficient (Wildman–Crippen LogP) is 5.49. The van der Waals surface area contributed by atoms with Gasteiger partial charge < -0.3 is 26.0 Å². The van der Waals surface area contributed by atoms with Crippen molar-refractivity contribution >= 4 is 45.6 Å². The van der Waals surface area contributed by atoms with Crippen molar-refractivity contribution in [2.75, 3.05) is 28.6 Å². The van der Waals surface area contributed by atoms with E-state index in [-0.39, 0.29) is 24.0 Å². The summed E-state index contributed by atoms with van der Waals surface area (Å²) in [6.07, 6.45) is 8.27. The number of hydrogen-bond acceptors (Lipinski definition) is 12. The quantitative estimate of drug-likeness (QED) is 0.170. The largest absolute Gasteiger partial charge is 0.465 e. The zero-order chi connectivity index (χ0) is 36.7. The molecule has 1 saturated heterocycles. The molecule has 4 aromatic rings. The van der Waals surface area contributed by atoms with E-state index in [1.54, 1.807) is 35.7 Å². The molecule has 1 aliphatic heterocycles. The summed E-state index contributed by atoms with van der Waals surface area (Å²) in [7, 11) is 0. The second kappa shape index (κ2) is 14.2. The molecule has 0 radical (unpaired) electrons. The van der Waals surface area contributed by atoms with Gasteiger partial charge in [0, 0.05) is 49.5 Å². The number of rotatable bonds is 9. The number of carbonyl (C=O) groups excluding carboxylic acids is 1. The first-order valence-electron chi connectivity index (χ1n) is 18.1. The van der Waals surface area contributed by atoms with Crippen LogP contribution >= 0.6 is 11.3 Å².